The molecule has 0 aliphatic heterocycles. The fourth-order valence-corrected chi connectivity index (χ4v) is 1.79. The van der Waals surface area contributed by atoms with Gasteiger partial charge in [-0.25, -0.2) is 0 Å². The van der Waals surface area contributed by atoms with E-state index in [0.29, 0.717) is 11.7 Å². The second-order valence-electron chi connectivity index (χ2n) is 5.61. The fraction of sp³-hybridized carbons (Fsp3) is 0.312. The molecule has 128 valence electrons. The number of hydrogen-bond donors (Lipinski definition) is 2. The molecule has 2 rings (SSSR count). The Hall–Kier alpha value is -2.64. The molecule has 8 heteroatoms. The molecular weight excluding hydrogens is 321 g/mol. The first-order chi connectivity index (χ1) is 11.3. The quantitative estimate of drug-likeness (QED) is 0.870. The van der Waals surface area contributed by atoms with Crippen molar-refractivity contribution in [3.8, 4) is 0 Å². The molecular formula is C16H17F3N4O. The van der Waals surface area contributed by atoms with Gasteiger partial charge in [-0.3, -0.25) is 4.79 Å². The van der Waals surface area contributed by atoms with Gasteiger partial charge in [-0.05, 0) is 42.3 Å². The van der Waals surface area contributed by atoms with Gasteiger partial charge in [0.05, 0.1) is 5.56 Å². The molecule has 0 bridgehead atoms. The van der Waals surface area contributed by atoms with Gasteiger partial charge in [-0.1, -0.05) is 13.8 Å². The maximum Gasteiger partial charge on any atom is 0.416 e. The summed E-state index contributed by atoms with van der Waals surface area (Å²) in [5.74, 6) is 0.446. The Labute approximate surface area is 137 Å². The number of nitrogens with zero attached hydrogens (tertiary/aromatic N) is 2. The van der Waals surface area contributed by atoms with Gasteiger partial charge in [0.15, 0.2) is 5.69 Å². The zero-order valence-electron chi connectivity index (χ0n) is 13.2. The Morgan fingerprint density at radius 3 is 2.25 bits per heavy atom. The third-order valence-corrected chi connectivity index (χ3v) is 3.06. The number of hydrogen-bond acceptors (Lipinski definition) is 4. The SMILES string of the molecule is CC(C)CNc1ccc(C(=O)Nc2ccc(C(F)(F)F)cc2)nn1. The highest BCUT2D eigenvalue weighted by Crippen LogP contribution is 2.29. The van der Waals surface area contributed by atoms with Crippen molar-refractivity contribution < 1.29 is 18.0 Å². The molecule has 2 aromatic rings. The molecule has 0 atom stereocenters. The monoisotopic (exact) mass is 338 g/mol. The Morgan fingerprint density at radius 2 is 1.75 bits per heavy atom. The van der Waals surface area contributed by atoms with Crippen molar-refractivity contribution in [1.82, 2.24) is 10.2 Å². The molecule has 0 radical (unpaired) electrons. The molecule has 1 amide bonds. The van der Waals surface area contributed by atoms with Crippen LogP contribution in [-0.2, 0) is 6.18 Å². The predicted octanol–water partition coefficient (Wildman–Crippen LogP) is 3.82. The van der Waals surface area contributed by atoms with Gasteiger partial charge in [-0.15, -0.1) is 10.2 Å². The lowest BCUT2D eigenvalue weighted by Gasteiger charge is -2.09. The number of halogens is 3. The fourth-order valence-electron chi connectivity index (χ4n) is 1.79. The van der Waals surface area contributed by atoms with Crippen LogP contribution < -0.4 is 10.6 Å². The normalized spacial score (nSPS) is 11.4. The third kappa shape index (κ3) is 4.94. The van der Waals surface area contributed by atoms with E-state index >= 15 is 0 Å². The highest BCUT2D eigenvalue weighted by Gasteiger charge is 2.30. The van der Waals surface area contributed by atoms with E-state index in [4.69, 9.17) is 0 Å². The van der Waals surface area contributed by atoms with Crippen LogP contribution in [0.15, 0.2) is 36.4 Å². The Kier molecular flexibility index (Phi) is 5.38. The summed E-state index contributed by atoms with van der Waals surface area (Å²) in [5.41, 5.74) is -0.456. The van der Waals surface area contributed by atoms with Crippen LogP contribution in [0.4, 0.5) is 24.7 Å². The van der Waals surface area contributed by atoms with Crippen LogP contribution in [0.1, 0.15) is 29.9 Å². The van der Waals surface area contributed by atoms with Gasteiger partial charge in [0.25, 0.3) is 5.91 Å². The molecule has 0 aliphatic rings. The molecule has 0 spiro atoms. The molecule has 0 unspecified atom stereocenters. The number of alkyl halides is 3. The number of amides is 1. The summed E-state index contributed by atoms with van der Waals surface area (Å²) in [6.45, 7) is 4.82. The van der Waals surface area contributed by atoms with Gasteiger partial charge in [0, 0.05) is 12.2 Å². The van der Waals surface area contributed by atoms with Crippen molar-refractivity contribution in [2.75, 3.05) is 17.2 Å². The molecule has 1 aromatic carbocycles. The number of carbonyl (C=O) groups is 1. The number of anilines is 2. The lowest BCUT2D eigenvalue weighted by molar-refractivity contribution is -0.137. The highest BCUT2D eigenvalue weighted by molar-refractivity contribution is 6.02. The molecule has 1 heterocycles. The number of nitrogens with one attached hydrogen (secondary N) is 2. The number of carbonyl (C=O) groups excluding carboxylic acids is 1. The van der Waals surface area contributed by atoms with E-state index in [9.17, 15) is 18.0 Å². The van der Waals surface area contributed by atoms with E-state index in [1.165, 1.54) is 18.2 Å². The molecule has 2 N–H and O–H groups in total. The topological polar surface area (TPSA) is 66.9 Å². The molecule has 1 aromatic heterocycles. The van der Waals surface area contributed by atoms with Crippen molar-refractivity contribution in [3.63, 3.8) is 0 Å². The van der Waals surface area contributed by atoms with E-state index in [2.05, 4.69) is 20.8 Å². The van der Waals surface area contributed by atoms with E-state index in [-0.39, 0.29) is 11.4 Å². The number of aromatic nitrogens is 2. The van der Waals surface area contributed by atoms with E-state index in [1.54, 1.807) is 6.07 Å². The summed E-state index contributed by atoms with van der Waals surface area (Å²) >= 11 is 0. The van der Waals surface area contributed by atoms with Crippen LogP contribution in [0.25, 0.3) is 0 Å². The summed E-state index contributed by atoms with van der Waals surface area (Å²) in [4.78, 5) is 12.0. The highest BCUT2D eigenvalue weighted by atomic mass is 19.4. The van der Waals surface area contributed by atoms with E-state index in [1.807, 2.05) is 13.8 Å². The largest absolute Gasteiger partial charge is 0.416 e. The van der Waals surface area contributed by atoms with Crippen molar-refractivity contribution in [2.45, 2.75) is 20.0 Å². The first-order valence-corrected chi connectivity index (χ1v) is 7.32. The Bertz CT molecular complexity index is 682. The average Bonchev–Trinajstić information content (AvgIpc) is 2.53. The van der Waals surface area contributed by atoms with Gasteiger partial charge in [-0.2, -0.15) is 13.2 Å². The summed E-state index contributed by atoms with van der Waals surface area (Å²) < 4.78 is 37.5. The molecule has 5 nitrogen and oxygen atoms in total. The minimum atomic E-state index is -4.41. The second-order valence-corrected chi connectivity index (χ2v) is 5.61. The smallest absolute Gasteiger partial charge is 0.368 e. The lowest BCUT2D eigenvalue weighted by Crippen LogP contribution is -2.16. The zero-order chi connectivity index (χ0) is 17.7. The molecule has 0 fully saturated rings. The minimum absolute atomic E-state index is 0.0741. The van der Waals surface area contributed by atoms with Gasteiger partial charge in [0.1, 0.15) is 5.82 Å². The van der Waals surface area contributed by atoms with Crippen LogP contribution in [0.3, 0.4) is 0 Å². The molecule has 24 heavy (non-hydrogen) atoms. The average molecular weight is 338 g/mol. The summed E-state index contributed by atoms with van der Waals surface area (Å²) in [6, 6.07) is 7.30. The third-order valence-electron chi connectivity index (χ3n) is 3.06. The number of benzene rings is 1. The molecule has 0 saturated carbocycles. The van der Waals surface area contributed by atoms with Crippen molar-refractivity contribution >= 4 is 17.4 Å². The minimum Gasteiger partial charge on any atom is -0.368 e. The molecule has 0 saturated heterocycles. The van der Waals surface area contributed by atoms with Crippen LogP contribution >= 0.6 is 0 Å². The van der Waals surface area contributed by atoms with Crippen LogP contribution in [0.5, 0.6) is 0 Å². The van der Waals surface area contributed by atoms with Crippen LogP contribution in [-0.4, -0.2) is 22.6 Å². The Balaban J connectivity index is 1.99. The second kappa shape index (κ2) is 7.29. The van der Waals surface area contributed by atoms with Crippen molar-refractivity contribution in [3.05, 3.63) is 47.7 Å². The van der Waals surface area contributed by atoms with Gasteiger partial charge >= 0.3 is 6.18 Å². The maximum atomic E-state index is 12.5. The van der Waals surface area contributed by atoms with Gasteiger partial charge in [0.2, 0.25) is 0 Å². The number of rotatable bonds is 5. The Morgan fingerprint density at radius 1 is 1.08 bits per heavy atom. The van der Waals surface area contributed by atoms with Crippen molar-refractivity contribution in [2.24, 2.45) is 5.92 Å². The summed E-state index contributed by atoms with van der Waals surface area (Å²) in [6.07, 6.45) is -4.41. The van der Waals surface area contributed by atoms with Crippen LogP contribution in [0, 0.1) is 5.92 Å². The first-order valence-electron chi connectivity index (χ1n) is 7.32. The van der Waals surface area contributed by atoms with Gasteiger partial charge < -0.3 is 10.6 Å². The van der Waals surface area contributed by atoms with E-state index < -0.39 is 17.6 Å². The van der Waals surface area contributed by atoms with Crippen molar-refractivity contribution in [1.29, 1.82) is 0 Å². The molecule has 0 aliphatic carbocycles. The standard InChI is InChI=1S/C16H17F3N4O/c1-10(2)9-20-14-8-7-13(22-23-14)15(24)21-12-5-3-11(4-6-12)16(17,18)19/h3-8,10H,9H2,1-2H3,(H,20,23)(H,21,24). The maximum absolute atomic E-state index is 12.5. The van der Waals surface area contributed by atoms with Crippen LogP contribution in [0.2, 0.25) is 0 Å². The predicted molar refractivity (Wildman–Crippen MR) is 84.8 cm³/mol. The summed E-state index contributed by atoms with van der Waals surface area (Å²) in [7, 11) is 0. The zero-order valence-corrected chi connectivity index (χ0v) is 13.2. The summed E-state index contributed by atoms with van der Waals surface area (Å²) in [5, 5.41) is 13.2. The lowest BCUT2D eigenvalue weighted by atomic mass is 10.2. The van der Waals surface area contributed by atoms with E-state index in [0.717, 1.165) is 18.7 Å². The first kappa shape index (κ1) is 17.7.